The lowest BCUT2D eigenvalue weighted by atomic mass is 10.2. The maximum Gasteiger partial charge on any atom is 0.275 e. The largest absolute Gasteiger partial charge is 0.446 e. The van der Waals surface area contributed by atoms with Gasteiger partial charge in [-0.1, -0.05) is 30.3 Å². The van der Waals surface area contributed by atoms with E-state index in [0.29, 0.717) is 11.6 Å². The van der Waals surface area contributed by atoms with Crippen LogP contribution in [0.3, 0.4) is 0 Å². The normalized spacial score (nSPS) is 12.0. The van der Waals surface area contributed by atoms with E-state index in [1.54, 1.807) is 6.07 Å². The van der Waals surface area contributed by atoms with Crippen LogP contribution in [0, 0.1) is 0 Å². The van der Waals surface area contributed by atoms with Crippen molar-refractivity contribution in [2.24, 2.45) is 0 Å². The van der Waals surface area contributed by atoms with Gasteiger partial charge in [-0.05, 0) is 17.3 Å². The van der Waals surface area contributed by atoms with Crippen molar-refractivity contribution in [1.29, 1.82) is 0 Å². The van der Waals surface area contributed by atoms with E-state index in [-0.39, 0.29) is 11.6 Å². The monoisotopic (exact) mass is 333 g/mol. The van der Waals surface area contributed by atoms with Crippen molar-refractivity contribution in [2.75, 3.05) is 14.1 Å². The molecule has 0 amide bonds. The minimum absolute atomic E-state index is 0.110. The van der Waals surface area contributed by atoms with Gasteiger partial charge in [-0.2, -0.15) is 4.80 Å². The molecule has 0 aliphatic rings. The molecule has 9 heteroatoms. The van der Waals surface area contributed by atoms with Crippen LogP contribution in [0.15, 0.2) is 52.0 Å². The van der Waals surface area contributed by atoms with E-state index in [1.165, 1.54) is 25.0 Å². The van der Waals surface area contributed by atoms with Crippen LogP contribution in [-0.4, -0.2) is 47.0 Å². The SMILES string of the molecule is CN(C)S(=O)(=O)c1ccc(Cn2nnc(-c3ccccc3)n2)o1. The maximum absolute atomic E-state index is 12.0. The van der Waals surface area contributed by atoms with E-state index >= 15 is 0 Å². The van der Waals surface area contributed by atoms with E-state index in [1.807, 2.05) is 30.3 Å². The Morgan fingerprint density at radius 2 is 1.87 bits per heavy atom. The number of sulfonamides is 1. The van der Waals surface area contributed by atoms with Crippen molar-refractivity contribution in [1.82, 2.24) is 24.5 Å². The highest BCUT2D eigenvalue weighted by atomic mass is 32.2. The number of benzene rings is 1. The summed E-state index contributed by atoms with van der Waals surface area (Å²) < 4.78 is 30.4. The van der Waals surface area contributed by atoms with Gasteiger partial charge in [0.25, 0.3) is 10.0 Å². The Hall–Kier alpha value is -2.52. The second-order valence-electron chi connectivity index (χ2n) is 5.02. The maximum atomic E-state index is 12.0. The third-order valence-electron chi connectivity index (χ3n) is 3.15. The van der Waals surface area contributed by atoms with Gasteiger partial charge in [-0.25, -0.2) is 12.7 Å². The molecular weight excluding hydrogens is 318 g/mol. The summed E-state index contributed by atoms with van der Waals surface area (Å²) in [6.45, 7) is 0.197. The predicted octanol–water partition coefficient (Wildman–Crippen LogP) is 1.23. The van der Waals surface area contributed by atoms with Crippen LogP contribution < -0.4 is 0 Å². The van der Waals surface area contributed by atoms with Crippen LogP contribution in [0.2, 0.25) is 0 Å². The minimum atomic E-state index is -3.59. The first kappa shape index (κ1) is 15.4. The molecule has 0 radical (unpaired) electrons. The zero-order valence-corrected chi connectivity index (χ0v) is 13.4. The van der Waals surface area contributed by atoms with Crippen molar-refractivity contribution >= 4 is 10.0 Å². The summed E-state index contributed by atoms with van der Waals surface area (Å²) >= 11 is 0. The summed E-state index contributed by atoms with van der Waals surface area (Å²) in [6.07, 6.45) is 0. The van der Waals surface area contributed by atoms with E-state index < -0.39 is 10.0 Å². The molecule has 0 spiro atoms. The molecule has 0 bridgehead atoms. The molecule has 120 valence electrons. The first-order chi connectivity index (χ1) is 11.0. The molecule has 3 aromatic rings. The summed E-state index contributed by atoms with van der Waals surface area (Å²) in [6, 6.07) is 12.5. The number of nitrogens with zero attached hydrogens (tertiary/aromatic N) is 5. The highest BCUT2D eigenvalue weighted by Crippen LogP contribution is 2.18. The average Bonchev–Trinajstić information content (AvgIpc) is 3.18. The third-order valence-corrected chi connectivity index (χ3v) is 4.84. The number of hydrogen-bond donors (Lipinski definition) is 0. The molecular formula is C14H15N5O3S. The van der Waals surface area contributed by atoms with Gasteiger partial charge in [0.05, 0.1) is 0 Å². The smallest absolute Gasteiger partial charge is 0.275 e. The summed E-state index contributed by atoms with van der Waals surface area (Å²) in [7, 11) is -0.691. The average molecular weight is 333 g/mol. The summed E-state index contributed by atoms with van der Waals surface area (Å²) in [4.78, 5) is 1.35. The quantitative estimate of drug-likeness (QED) is 0.697. The van der Waals surface area contributed by atoms with Crippen molar-refractivity contribution in [3.63, 3.8) is 0 Å². The van der Waals surface area contributed by atoms with Gasteiger partial charge in [0.15, 0.2) is 0 Å². The molecule has 0 aliphatic heterocycles. The second-order valence-corrected chi connectivity index (χ2v) is 7.10. The zero-order chi connectivity index (χ0) is 16.4. The fourth-order valence-corrected chi connectivity index (χ4v) is 2.73. The van der Waals surface area contributed by atoms with E-state index in [0.717, 1.165) is 9.87 Å². The zero-order valence-electron chi connectivity index (χ0n) is 12.6. The predicted molar refractivity (Wildman–Crippen MR) is 81.9 cm³/mol. The molecule has 0 fully saturated rings. The standard InChI is InChI=1S/C14H15N5O3S/c1-18(2)23(20,21)13-9-8-12(22-13)10-19-16-14(15-17-19)11-6-4-3-5-7-11/h3-9H,10H2,1-2H3. The summed E-state index contributed by atoms with van der Waals surface area (Å²) in [5.74, 6) is 0.931. The topological polar surface area (TPSA) is 94.1 Å². The number of furan rings is 1. The lowest BCUT2D eigenvalue weighted by molar-refractivity contribution is 0.378. The van der Waals surface area contributed by atoms with Crippen LogP contribution >= 0.6 is 0 Å². The number of tetrazole rings is 1. The fourth-order valence-electron chi connectivity index (χ4n) is 1.91. The Labute approximate surface area is 133 Å². The third kappa shape index (κ3) is 3.15. The lowest BCUT2D eigenvalue weighted by Gasteiger charge is -2.07. The van der Waals surface area contributed by atoms with Gasteiger partial charge >= 0.3 is 0 Å². The Balaban J connectivity index is 1.79. The van der Waals surface area contributed by atoms with Crippen LogP contribution in [0.5, 0.6) is 0 Å². The molecule has 0 saturated carbocycles. The van der Waals surface area contributed by atoms with E-state index in [4.69, 9.17) is 4.42 Å². The molecule has 1 aromatic carbocycles. The summed E-state index contributed by atoms with van der Waals surface area (Å²) in [5.41, 5.74) is 0.856. The highest BCUT2D eigenvalue weighted by molar-refractivity contribution is 7.88. The first-order valence-corrected chi connectivity index (χ1v) is 8.25. The van der Waals surface area contributed by atoms with E-state index in [9.17, 15) is 8.42 Å². The molecule has 0 saturated heterocycles. The van der Waals surface area contributed by atoms with Gasteiger partial charge in [-0.3, -0.25) is 0 Å². The number of rotatable bonds is 5. The second kappa shape index (κ2) is 5.94. The van der Waals surface area contributed by atoms with Crippen LogP contribution in [-0.2, 0) is 16.6 Å². The molecule has 2 heterocycles. The van der Waals surface area contributed by atoms with Crippen molar-refractivity contribution in [2.45, 2.75) is 11.6 Å². The van der Waals surface area contributed by atoms with Gasteiger partial charge < -0.3 is 4.42 Å². The lowest BCUT2D eigenvalue weighted by Crippen LogP contribution is -2.21. The molecule has 0 unspecified atom stereocenters. The van der Waals surface area contributed by atoms with Gasteiger partial charge in [-0.15, -0.1) is 10.2 Å². The molecule has 3 rings (SSSR count). The molecule has 8 nitrogen and oxygen atoms in total. The molecule has 0 aliphatic carbocycles. The molecule has 0 N–H and O–H groups in total. The van der Waals surface area contributed by atoms with Crippen molar-refractivity contribution in [3.05, 3.63) is 48.2 Å². The number of aromatic nitrogens is 4. The summed E-state index contributed by atoms with van der Waals surface area (Å²) in [5, 5.41) is 12.1. The van der Waals surface area contributed by atoms with Crippen LogP contribution in [0.25, 0.3) is 11.4 Å². The minimum Gasteiger partial charge on any atom is -0.446 e. The molecule has 0 atom stereocenters. The molecule has 2 aromatic heterocycles. The number of hydrogen-bond acceptors (Lipinski definition) is 6. The Morgan fingerprint density at radius 1 is 1.13 bits per heavy atom. The van der Waals surface area contributed by atoms with Gasteiger partial charge in [0, 0.05) is 19.7 Å². The van der Waals surface area contributed by atoms with Crippen LogP contribution in [0.4, 0.5) is 0 Å². The Bertz CT molecular complexity index is 899. The van der Waals surface area contributed by atoms with Gasteiger partial charge in [0.1, 0.15) is 12.3 Å². The Morgan fingerprint density at radius 3 is 2.57 bits per heavy atom. The molecule has 23 heavy (non-hydrogen) atoms. The van der Waals surface area contributed by atoms with Gasteiger partial charge in [0.2, 0.25) is 10.9 Å². The van der Waals surface area contributed by atoms with Crippen molar-refractivity contribution < 1.29 is 12.8 Å². The van der Waals surface area contributed by atoms with E-state index in [2.05, 4.69) is 15.4 Å². The first-order valence-electron chi connectivity index (χ1n) is 6.81. The van der Waals surface area contributed by atoms with Crippen LogP contribution in [0.1, 0.15) is 5.76 Å². The Kier molecular flexibility index (Phi) is 3.97. The highest BCUT2D eigenvalue weighted by Gasteiger charge is 2.21. The van der Waals surface area contributed by atoms with Crippen molar-refractivity contribution in [3.8, 4) is 11.4 Å². The fraction of sp³-hybridized carbons (Fsp3) is 0.214.